The fraction of sp³-hybridized carbons (Fsp3) is 0.333. The van der Waals surface area contributed by atoms with Crippen LogP contribution in [0.2, 0.25) is 0 Å². The number of carbonyl (C=O) groups excluding carboxylic acids is 2. The molecule has 1 N–H and O–H groups in total. The van der Waals surface area contributed by atoms with Crippen molar-refractivity contribution >= 4 is 27.5 Å². The van der Waals surface area contributed by atoms with Gasteiger partial charge in [0, 0.05) is 19.0 Å². The molecule has 48 heavy (non-hydrogen) atoms. The van der Waals surface area contributed by atoms with Crippen LogP contribution in [0.25, 0.3) is 0 Å². The summed E-state index contributed by atoms with van der Waals surface area (Å²) < 4.78 is 43.6. The number of anilines is 1. The second kappa shape index (κ2) is 15.6. The summed E-state index contributed by atoms with van der Waals surface area (Å²) in [6.45, 7) is 5.42. The summed E-state index contributed by atoms with van der Waals surface area (Å²) in [4.78, 5) is 30.3. The van der Waals surface area contributed by atoms with E-state index in [1.54, 1.807) is 36.4 Å². The van der Waals surface area contributed by atoms with Crippen LogP contribution in [0.5, 0.6) is 0 Å². The number of halogens is 1. The molecule has 0 aliphatic heterocycles. The molecule has 0 heterocycles. The third-order valence-electron chi connectivity index (χ3n) is 8.97. The van der Waals surface area contributed by atoms with E-state index in [9.17, 15) is 22.4 Å². The SMILES string of the molecule is Cc1ccc(S(=O)(=O)N(CC(=O)N(Cc2ccc(F)cc2)[C@H](Cc2ccccc2)C(=O)NC2CCCC2)c2ccc(C(C)C)cc2)cc1. The first-order chi connectivity index (χ1) is 23.0. The summed E-state index contributed by atoms with van der Waals surface area (Å²) in [5.41, 5.74) is 3.74. The van der Waals surface area contributed by atoms with Gasteiger partial charge in [0.05, 0.1) is 10.6 Å². The lowest BCUT2D eigenvalue weighted by atomic mass is 10.0. The van der Waals surface area contributed by atoms with E-state index in [4.69, 9.17) is 0 Å². The summed E-state index contributed by atoms with van der Waals surface area (Å²) in [6, 6.07) is 28.0. The van der Waals surface area contributed by atoms with E-state index in [0.29, 0.717) is 11.3 Å². The van der Waals surface area contributed by atoms with Gasteiger partial charge in [-0.3, -0.25) is 13.9 Å². The van der Waals surface area contributed by atoms with E-state index in [2.05, 4.69) is 19.2 Å². The molecule has 1 saturated carbocycles. The number of amides is 2. The van der Waals surface area contributed by atoms with Crippen molar-refractivity contribution in [2.75, 3.05) is 10.8 Å². The molecule has 0 radical (unpaired) electrons. The minimum absolute atomic E-state index is 0.0106. The van der Waals surface area contributed by atoms with E-state index in [-0.39, 0.29) is 35.7 Å². The zero-order chi connectivity index (χ0) is 34.3. The number of hydrogen-bond donors (Lipinski definition) is 1. The number of hydrogen-bond acceptors (Lipinski definition) is 4. The Morgan fingerprint density at radius 3 is 2.06 bits per heavy atom. The van der Waals surface area contributed by atoms with Crippen molar-refractivity contribution in [2.24, 2.45) is 0 Å². The van der Waals surface area contributed by atoms with Crippen molar-refractivity contribution in [1.82, 2.24) is 10.2 Å². The van der Waals surface area contributed by atoms with Crippen LogP contribution in [0.1, 0.15) is 67.7 Å². The molecule has 1 aliphatic carbocycles. The van der Waals surface area contributed by atoms with Crippen LogP contribution in [-0.2, 0) is 32.6 Å². The van der Waals surface area contributed by atoms with Crippen LogP contribution in [0.4, 0.5) is 10.1 Å². The van der Waals surface area contributed by atoms with E-state index in [0.717, 1.165) is 46.7 Å². The second-order valence-corrected chi connectivity index (χ2v) is 14.8. The van der Waals surface area contributed by atoms with Crippen molar-refractivity contribution in [3.8, 4) is 0 Å². The van der Waals surface area contributed by atoms with Crippen LogP contribution >= 0.6 is 0 Å². The molecule has 5 rings (SSSR count). The molecule has 0 unspecified atom stereocenters. The Morgan fingerprint density at radius 1 is 0.833 bits per heavy atom. The van der Waals surface area contributed by atoms with Gasteiger partial charge in [-0.05, 0) is 78.8 Å². The van der Waals surface area contributed by atoms with Crippen molar-refractivity contribution < 1.29 is 22.4 Å². The highest BCUT2D eigenvalue weighted by molar-refractivity contribution is 7.92. The molecule has 0 bridgehead atoms. The molecular formula is C39H44FN3O4S. The van der Waals surface area contributed by atoms with Gasteiger partial charge in [0.25, 0.3) is 10.0 Å². The molecule has 4 aromatic rings. The number of sulfonamides is 1. The zero-order valence-electron chi connectivity index (χ0n) is 27.8. The van der Waals surface area contributed by atoms with Crippen LogP contribution in [0.3, 0.4) is 0 Å². The second-order valence-electron chi connectivity index (χ2n) is 12.9. The highest BCUT2D eigenvalue weighted by Gasteiger charge is 2.35. The molecule has 252 valence electrons. The van der Waals surface area contributed by atoms with Gasteiger partial charge in [0.15, 0.2) is 0 Å². The molecule has 1 atom stereocenters. The van der Waals surface area contributed by atoms with Crippen molar-refractivity contribution in [1.29, 1.82) is 0 Å². The lowest BCUT2D eigenvalue weighted by molar-refractivity contribution is -0.140. The average molecular weight is 670 g/mol. The summed E-state index contributed by atoms with van der Waals surface area (Å²) in [5, 5.41) is 3.17. The van der Waals surface area contributed by atoms with Gasteiger partial charge in [-0.2, -0.15) is 0 Å². The minimum atomic E-state index is -4.20. The summed E-state index contributed by atoms with van der Waals surface area (Å²) in [5.74, 6) is -1.04. The fourth-order valence-corrected chi connectivity index (χ4v) is 7.51. The van der Waals surface area contributed by atoms with E-state index >= 15 is 0 Å². The van der Waals surface area contributed by atoms with Crippen LogP contribution in [-0.4, -0.2) is 43.8 Å². The number of carbonyl (C=O) groups is 2. The molecular weight excluding hydrogens is 626 g/mol. The Morgan fingerprint density at radius 2 is 1.46 bits per heavy atom. The number of nitrogens with zero attached hydrogens (tertiary/aromatic N) is 2. The maximum absolute atomic E-state index is 14.6. The first kappa shape index (κ1) is 34.8. The summed E-state index contributed by atoms with van der Waals surface area (Å²) in [6.07, 6.45) is 4.00. The minimum Gasteiger partial charge on any atom is -0.352 e. The normalized spacial score (nSPS) is 14.1. The maximum Gasteiger partial charge on any atom is 0.264 e. The topological polar surface area (TPSA) is 86.8 Å². The summed E-state index contributed by atoms with van der Waals surface area (Å²) in [7, 11) is -4.20. The summed E-state index contributed by atoms with van der Waals surface area (Å²) >= 11 is 0. The molecule has 4 aromatic carbocycles. The predicted molar refractivity (Wildman–Crippen MR) is 188 cm³/mol. The number of aryl methyl sites for hydroxylation is 1. The van der Waals surface area contributed by atoms with E-state index in [1.807, 2.05) is 49.4 Å². The van der Waals surface area contributed by atoms with Gasteiger partial charge in [0.2, 0.25) is 11.8 Å². The first-order valence-corrected chi connectivity index (χ1v) is 18.0. The lowest BCUT2D eigenvalue weighted by Gasteiger charge is -2.34. The third kappa shape index (κ3) is 8.69. The highest BCUT2D eigenvalue weighted by atomic mass is 32.2. The van der Waals surface area contributed by atoms with Gasteiger partial charge in [-0.25, -0.2) is 12.8 Å². The Hall–Kier alpha value is -4.50. The van der Waals surface area contributed by atoms with Gasteiger partial charge in [-0.1, -0.05) is 99.0 Å². The molecule has 1 aliphatic rings. The Balaban J connectivity index is 1.57. The highest BCUT2D eigenvalue weighted by Crippen LogP contribution is 2.28. The zero-order valence-corrected chi connectivity index (χ0v) is 28.6. The predicted octanol–water partition coefficient (Wildman–Crippen LogP) is 7.15. The molecule has 2 amide bonds. The first-order valence-electron chi connectivity index (χ1n) is 16.6. The quantitative estimate of drug-likeness (QED) is 0.164. The number of rotatable bonds is 13. The number of nitrogens with one attached hydrogen (secondary N) is 1. The lowest BCUT2D eigenvalue weighted by Crippen LogP contribution is -2.54. The van der Waals surface area contributed by atoms with E-state index < -0.39 is 34.3 Å². The Labute approximate surface area is 283 Å². The molecule has 0 saturated heterocycles. The molecule has 0 spiro atoms. The van der Waals surface area contributed by atoms with Crippen LogP contribution in [0, 0.1) is 12.7 Å². The molecule has 1 fully saturated rings. The average Bonchev–Trinajstić information content (AvgIpc) is 3.59. The Bertz CT molecular complexity index is 1770. The smallest absolute Gasteiger partial charge is 0.264 e. The van der Waals surface area contributed by atoms with Crippen molar-refractivity contribution in [2.45, 2.75) is 82.3 Å². The van der Waals surface area contributed by atoms with Gasteiger partial charge < -0.3 is 10.2 Å². The van der Waals surface area contributed by atoms with Gasteiger partial charge in [0.1, 0.15) is 18.4 Å². The van der Waals surface area contributed by atoms with Crippen molar-refractivity contribution in [3.05, 3.63) is 131 Å². The van der Waals surface area contributed by atoms with Gasteiger partial charge >= 0.3 is 0 Å². The van der Waals surface area contributed by atoms with Crippen LogP contribution in [0.15, 0.2) is 108 Å². The molecule has 7 nitrogen and oxygen atoms in total. The molecule has 9 heteroatoms. The Kier molecular flexibility index (Phi) is 11.3. The third-order valence-corrected chi connectivity index (χ3v) is 10.8. The van der Waals surface area contributed by atoms with Gasteiger partial charge in [-0.15, -0.1) is 0 Å². The van der Waals surface area contributed by atoms with Crippen LogP contribution < -0.4 is 9.62 Å². The number of benzene rings is 4. The standard InChI is InChI=1S/C39H44FN3O4S/c1-28(2)32-17-21-35(22-18-32)43(48(46,47)36-23-13-29(3)14-24-36)27-38(44)42(26-31-15-19-33(40)20-16-31)37(25-30-9-5-4-6-10-30)39(45)41-34-11-7-8-12-34/h4-6,9-10,13-24,28,34,37H,7-8,11-12,25-27H2,1-3H3,(H,41,45)/t37-/m1/s1. The van der Waals surface area contributed by atoms with E-state index in [1.165, 1.54) is 29.2 Å². The van der Waals surface area contributed by atoms with Crippen molar-refractivity contribution in [3.63, 3.8) is 0 Å². The molecule has 0 aromatic heterocycles. The monoisotopic (exact) mass is 669 g/mol. The largest absolute Gasteiger partial charge is 0.352 e. The fourth-order valence-electron chi connectivity index (χ4n) is 6.10. The maximum atomic E-state index is 14.6.